The van der Waals surface area contributed by atoms with E-state index in [-0.39, 0.29) is 11.8 Å². The molecular weight excluding hydrogens is 240 g/mol. The minimum atomic E-state index is 0.0391. The summed E-state index contributed by atoms with van der Waals surface area (Å²) in [4.78, 5) is 19.1. The molecule has 0 bridgehead atoms. The number of hydroxylamine groups is 2. The van der Waals surface area contributed by atoms with Gasteiger partial charge in [-0.2, -0.15) is 0 Å². The topological polar surface area (TPSA) is 32.8 Å². The summed E-state index contributed by atoms with van der Waals surface area (Å²) >= 11 is 0. The van der Waals surface area contributed by atoms with Crippen LogP contribution in [0.3, 0.4) is 0 Å². The molecule has 4 heteroatoms. The molecule has 106 valence electrons. The molecule has 1 saturated heterocycles. The predicted octanol–water partition coefficient (Wildman–Crippen LogP) is 2.02. The second-order valence-corrected chi connectivity index (χ2v) is 4.78. The first-order chi connectivity index (χ1) is 9.08. The molecule has 1 amide bonds. The molecule has 0 aliphatic carbocycles. The molecule has 19 heavy (non-hydrogen) atoms. The summed E-state index contributed by atoms with van der Waals surface area (Å²) in [6.45, 7) is 8.54. The van der Waals surface area contributed by atoms with Crippen LogP contribution in [0, 0.1) is 5.92 Å². The van der Waals surface area contributed by atoms with Crippen LogP contribution in [0.1, 0.15) is 13.3 Å². The standard InChI is InChI=1S/C15H24N2O2/c1-5-6-7-8-13(2)11-17-10-9-14(12-17)15(18)16(3)19-4/h5-8,14H,2,9-12H2,1,3-4H3/b6-5-,8-7-. The van der Waals surface area contributed by atoms with Gasteiger partial charge in [-0.3, -0.25) is 14.5 Å². The van der Waals surface area contributed by atoms with Gasteiger partial charge in [0.2, 0.25) is 5.91 Å². The zero-order valence-corrected chi connectivity index (χ0v) is 12.1. The second kappa shape index (κ2) is 7.92. The highest BCUT2D eigenvalue weighted by molar-refractivity contribution is 5.78. The van der Waals surface area contributed by atoms with E-state index in [9.17, 15) is 4.79 Å². The van der Waals surface area contributed by atoms with E-state index in [0.717, 1.165) is 31.6 Å². The van der Waals surface area contributed by atoms with Crippen LogP contribution in [0.15, 0.2) is 36.5 Å². The van der Waals surface area contributed by atoms with Crippen LogP contribution in [-0.2, 0) is 9.63 Å². The lowest BCUT2D eigenvalue weighted by Crippen LogP contribution is -2.34. The van der Waals surface area contributed by atoms with Gasteiger partial charge in [0.25, 0.3) is 0 Å². The largest absolute Gasteiger partial charge is 0.298 e. The molecule has 0 N–H and O–H groups in total. The van der Waals surface area contributed by atoms with Crippen molar-refractivity contribution in [3.63, 3.8) is 0 Å². The van der Waals surface area contributed by atoms with Gasteiger partial charge >= 0.3 is 0 Å². The fourth-order valence-electron chi connectivity index (χ4n) is 2.17. The number of carbonyl (C=O) groups excluding carboxylic acids is 1. The van der Waals surface area contributed by atoms with Gasteiger partial charge in [0.05, 0.1) is 13.0 Å². The molecule has 0 spiro atoms. The number of hydrogen-bond donors (Lipinski definition) is 0. The minimum Gasteiger partial charge on any atom is -0.298 e. The highest BCUT2D eigenvalue weighted by atomic mass is 16.7. The van der Waals surface area contributed by atoms with Crippen molar-refractivity contribution >= 4 is 5.91 Å². The van der Waals surface area contributed by atoms with Gasteiger partial charge in [0.1, 0.15) is 0 Å². The average molecular weight is 264 g/mol. The molecule has 1 heterocycles. The van der Waals surface area contributed by atoms with E-state index < -0.39 is 0 Å². The lowest BCUT2D eigenvalue weighted by molar-refractivity contribution is -0.172. The van der Waals surface area contributed by atoms with E-state index in [1.807, 2.05) is 31.2 Å². The van der Waals surface area contributed by atoms with Gasteiger partial charge < -0.3 is 0 Å². The van der Waals surface area contributed by atoms with Gasteiger partial charge in [0.15, 0.2) is 0 Å². The summed E-state index contributed by atoms with van der Waals surface area (Å²) in [5.74, 6) is 0.0948. The molecule has 0 aromatic carbocycles. The Labute approximate surface area is 116 Å². The molecular formula is C15H24N2O2. The van der Waals surface area contributed by atoms with Crippen molar-refractivity contribution in [3.05, 3.63) is 36.5 Å². The van der Waals surface area contributed by atoms with E-state index in [4.69, 9.17) is 4.84 Å². The fraction of sp³-hybridized carbons (Fsp3) is 0.533. The smallest absolute Gasteiger partial charge is 0.250 e. The molecule has 1 rings (SSSR count). The number of likely N-dealkylation sites (tertiary alicyclic amines) is 1. The zero-order chi connectivity index (χ0) is 14.3. The molecule has 4 nitrogen and oxygen atoms in total. The average Bonchev–Trinajstić information content (AvgIpc) is 2.85. The van der Waals surface area contributed by atoms with Crippen molar-refractivity contribution < 1.29 is 9.63 Å². The van der Waals surface area contributed by atoms with E-state index in [0.29, 0.717) is 0 Å². The highest BCUT2D eigenvalue weighted by Gasteiger charge is 2.30. The maximum Gasteiger partial charge on any atom is 0.250 e. The number of hydrogen-bond acceptors (Lipinski definition) is 3. The molecule has 1 unspecified atom stereocenters. The van der Waals surface area contributed by atoms with E-state index >= 15 is 0 Å². The number of allylic oxidation sites excluding steroid dienone is 3. The molecule has 1 aliphatic rings. The van der Waals surface area contributed by atoms with Crippen molar-refractivity contribution in [2.24, 2.45) is 5.92 Å². The van der Waals surface area contributed by atoms with Gasteiger partial charge in [-0.1, -0.05) is 30.9 Å². The third kappa shape index (κ3) is 5.01. The van der Waals surface area contributed by atoms with Gasteiger partial charge in [-0.15, -0.1) is 0 Å². The van der Waals surface area contributed by atoms with Crippen LogP contribution in [0.5, 0.6) is 0 Å². The summed E-state index contributed by atoms with van der Waals surface area (Å²) in [5.41, 5.74) is 1.06. The third-order valence-electron chi connectivity index (χ3n) is 3.27. The Hall–Kier alpha value is -1.39. The van der Waals surface area contributed by atoms with E-state index in [1.54, 1.807) is 7.05 Å². The van der Waals surface area contributed by atoms with Crippen LogP contribution in [0.25, 0.3) is 0 Å². The SMILES string of the molecule is C=C(/C=C\C=C/C)CN1CCC(C(=O)N(C)OC)C1. The maximum atomic E-state index is 11.9. The summed E-state index contributed by atoms with van der Waals surface area (Å²) in [6.07, 6.45) is 8.85. The Kier molecular flexibility index (Phi) is 6.53. The molecule has 1 atom stereocenters. The normalized spacial score (nSPS) is 20.5. The van der Waals surface area contributed by atoms with Gasteiger partial charge in [-0.05, 0) is 25.5 Å². The number of rotatable bonds is 6. The van der Waals surface area contributed by atoms with E-state index in [1.165, 1.54) is 12.2 Å². The maximum absolute atomic E-state index is 11.9. The molecule has 0 saturated carbocycles. The molecule has 0 aromatic rings. The van der Waals surface area contributed by atoms with Crippen molar-refractivity contribution in [2.75, 3.05) is 33.8 Å². The van der Waals surface area contributed by atoms with Crippen LogP contribution >= 0.6 is 0 Å². The number of amides is 1. The first-order valence-electron chi connectivity index (χ1n) is 6.59. The van der Waals surface area contributed by atoms with Crippen LogP contribution in [0.2, 0.25) is 0 Å². The van der Waals surface area contributed by atoms with Crippen molar-refractivity contribution in [1.82, 2.24) is 9.96 Å². The van der Waals surface area contributed by atoms with Crippen LogP contribution in [0.4, 0.5) is 0 Å². The molecule has 0 radical (unpaired) electrons. The predicted molar refractivity (Wildman–Crippen MR) is 77.4 cm³/mol. The lowest BCUT2D eigenvalue weighted by atomic mass is 10.1. The Bertz CT molecular complexity index is 374. The Balaban J connectivity index is 2.40. The zero-order valence-electron chi connectivity index (χ0n) is 12.1. The summed E-state index contributed by atoms with van der Waals surface area (Å²) < 4.78 is 0. The van der Waals surface area contributed by atoms with Gasteiger partial charge in [-0.25, -0.2) is 5.06 Å². The Morgan fingerprint density at radius 3 is 2.89 bits per heavy atom. The Morgan fingerprint density at radius 2 is 2.26 bits per heavy atom. The number of carbonyl (C=O) groups is 1. The fourth-order valence-corrected chi connectivity index (χ4v) is 2.17. The quantitative estimate of drug-likeness (QED) is 0.543. The third-order valence-corrected chi connectivity index (χ3v) is 3.27. The molecule has 1 fully saturated rings. The van der Waals surface area contributed by atoms with Crippen LogP contribution in [-0.4, -0.2) is 49.7 Å². The van der Waals surface area contributed by atoms with Crippen molar-refractivity contribution in [3.8, 4) is 0 Å². The van der Waals surface area contributed by atoms with Crippen molar-refractivity contribution in [1.29, 1.82) is 0 Å². The summed E-state index contributed by atoms with van der Waals surface area (Å²) in [7, 11) is 3.17. The Morgan fingerprint density at radius 1 is 1.53 bits per heavy atom. The molecule has 0 aromatic heterocycles. The number of nitrogens with zero attached hydrogens (tertiary/aromatic N) is 2. The van der Waals surface area contributed by atoms with Gasteiger partial charge in [0, 0.05) is 20.1 Å². The van der Waals surface area contributed by atoms with Crippen LogP contribution < -0.4 is 0 Å². The minimum absolute atomic E-state index is 0.0391. The summed E-state index contributed by atoms with van der Waals surface area (Å²) in [6, 6.07) is 0. The highest BCUT2D eigenvalue weighted by Crippen LogP contribution is 2.19. The molecule has 1 aliphatic heterocycles. The van der Waals surface area contributed by atoms with E-state index in [2.05, 4.69) is 11.5 Å². The van der Waals surface area contributed by atoms with Crippen molar-refractivity contribution in [2.45, 2.75) is 13.3 Å². The second-order valence-electron chi connectivity index (χ2n) is 4.78. The monoisotopic (exact) mass is 264 g/mol. The summed E-state index contributed by atoms with van der Waals surface area (Å²) in [5, 5.41) is 1.31. The lowest BCUT2D eigenvalue weighted by Gasteiger charge is -2.19. The first-order valence-corrected chi connectivity index (χ1v) is 6.59. The first kappa shape index (κ1) is 15.7.